The summed E-state index contributed by atoms with van der Waals surface area (Å²) in [6, 6.07) is 10.9. The SMILES string of the molecule is O=C1CN(C(=O)COC(=O)CCc2cccs2)c2ccccc2N1. The van der Waals surface area contributed by atoms with Gasteiger partial charge in [-0.05, 0) is 30.0 Å². The molecule has 1 N–H and O–H groups in total. The number of benzene rings is 1. The summed E-state index contributed by atoms with van der Waals surface area (Å²) < 4.78 is 5.05. The molecular weight excluding hydrogens is 328 g/mol. The molecule has 2 amide bonds. The number of anilines is 2. The molecule has 0 fully saturated rings. The van der Waals surface area contributed by atoms with Gasteiger partial charge in [0.25, 0.3) is 5.91 Å². The molecule has 0 aliphatic carbocycles. The first kappa shape index (κ1) is 16.2. The van der Waals surface area contributed by atoms with Gasteiger partial charge in [-0.15, -0.1) is 11.3 Å². The van der Waals surface area contributed by atoms with E-state index in [1.807, 2.05) is 17.5 Å². The number of hydrogen-bond donors (Lipinski definition) is 1. The third-order valence-corrected chi connectivity index (χ3v) is 4.52. The van der Waals surface area contributed by atoms with Crippen LogP contribution >= 0.6 is 11.3 Å². The molecule has 1 aromatic heterocycles. The minimum absolute atomic E-state index is 0.0808. The average molecular weight is 344 g/mol. The van der Waals surface area contributed by atoms with Crippen LogP contribution in [0.25, 0.3) is 0 Å². The Morgan fingerprint density at radius 1 is 1.21 bits per heavy atom. The van der Waals surface area contributed by atoms with Gasteiger partial charge in [-0.25, -0.2) is 0 Å². The van der Waals surface area contributed by atoms with Crippen LogP contribution in [-0.2, 0) is 25.5 Å². The molecular formula is C17H16N2O4S. The van der Waals surface area contributed by atoms with Crippen LogP contribution < -0.4 is 10.2 Å². The fourth-order valence-electron chi connectivity index (χ4n) is 2.43. The fourth-order valence-corrected chi connectivity index (χ4v) is 3.14. The number of ether oxygens (including phenoxy) is 1. The minimum atomic E-state index is -0.425. The average Bonchev–Trinajstić information content (AvgIpc) is 3.10. The zero-order valence-corrected chi connectivity index (χ0v) is 13.7. The van der Waals surface area contributed by atoms with E-state index >= 15 is 0 Å². The zero-order chi connectivity index (χ0) is 16.9. The van der Waals surface area contributed by atoms with Crippen molar-refractivity contribution in [1.29, 1.82) is 0 Å². The second-order valence-corrected chi connectivity index (χ2v) is 6.32. The van der Waals surface area contributed by atoms with Gasteiger partial charge in [-0.2, -0.15) is 0 Å². The number of nitrogens with one attached hydrogen (secondary N) is 1. The topological polar surface area (TPSA) is 75.7 Å². The highest BCUT2D eigenvalue weighted by Gasteiger charge is 2.27. The van der Waals surface area contributed by atoms with E-state index in [1.165, 1.54) is 4.90 Å². The highest BCUT2D eigenvalue weighted by molar-refractivity contribution is 7.09. The van der Waals surface area contributed by atoms with Gasteiger partial charge in [0.15, 0.2) is 6.61 Å². The minimum Gasteiger partial charge on any atom is -0.456 e. The molecule has 1 aliphatic rings. The van der Waals surface area contributed by atoms with Gasteiger partial charge in [-0.3, -0.25) is 19.3 Å². The lowest BCUT2D eigenvalue weighted by molar-refractivity contribution is -0.147. The lowest BCUT2D eigenvalue weighted by Gasteiger charge is -2.28. The van der Waals surface area contributed by atoms with Crippen LogP contribution in [0.1, 0.15) is 11.3 Å². The summed E-state index contributed by atoms with van der Waals surface area (Å²) in [4.78, 5) is 38.2. The van der Waals surface area contributed by atoms with Crippen LogP contribution in [0.2, 0.25) is 0 Å². The molecule has 6 nitrogen and oxygen atoms in total. The van der Waals surface area contributed by atoms with E-state index in [0.29, 0.717) is 17.8 Å². The van der Waals surface area contributed by atoms with Crippen LogP contribution in [0, 0.1) is 0 Å². The number of aryl methyl sites for hydroxylation is 1. The van der Waals surface area contributed by atoms with Gasteiger partial charge >= 0.3 is 5.97 Å². The predicted molar refractivity (Wildman–Crippen MR) is 91.0 cm³/mol. The van der Waals surface area contributed by atoms with Gasteiger partial charge in [0.2, 0.25) is 5.91 Å². The maximum Gasteiger partial charge on any atom is 0.306 e. The van der Waals surface area contributed by atoms with Crippen molar-refractivity contribution in [1.82, 2.24) is 0 Å². The van der Waals surface area contributed by atoms with Crippen molar-refractivity contribution < 1.29 is 19.1 Å². The highest BCUT2D eigenvalue weighted by Crippen LogP contribution is 2.28. The molecule has 0 radical (unpaired) electrons. The van der Waals surface area contributed by atoms with Crippen molar-refractivity contribution in [3.05, 3.63) is 46.7 Å². The molecule has 0 unspecified atom stereocenters. The number of para-hydroxylation sites is 2. The predicted octanol–water partition coefficient (Wildman–Crippen LogP) is 2.21. The van der Waals surface area contributed by atoms with Crippen molar-refractivity contribution in [3.63, 3.8) is 0 Å². The number of carbonyl (C=O) groups is 3. The third-order valence-electron chi connectivity index (χ3n) is 3.58. The number of esters is 1. The lowest BCUT2D eigenvalue weighted by Crippen LogP contribution is -2.44. The maximum absolute atomic E-state index is 12.3. The van der Waals surface area contributed by atoms with E-state index in [4.69, 9.17) is 4.74 Å². The van der Waals surface area contributed by atoms with Crippen molar-refractivity contribution in [2.45, 2.75) is 12.8 Å². The Kier molecular flexibility index (Phi) is 4.90. The number of fused-ring (bicyclic) bond motifs is 1. The highest BCUT2D eigenvalue weighted by atomic mass is 32.1. The first-order valence-corrected chi connectivity index (χ1v) is 8.38. The van der Waals surface area contributed by atoms with Crippen molar-refractivity contribution in [2.24, 2.45) is 0 Å². The third kappa shape index (κ3) is 3.80. The van der Waals surface area contributed by atoms with Gasteiger partial charge in [0, 0.05) is 4.88 Å². The molecule has 1 aromatic carbocycles. The van der Waals surface area contributed by atoms with Gasteiger partial charge in [0.05, 0.1) is 17.8 Å². The van der Waals surface area contributed by atoms with Crippen LogP contribution in [0.15, 0.2) is 41.8 Å². The summed E-state index contributed by atoms with van der Waals surface area (Å²) in [6.45, 7) is -0.451. The molecule has 2 aromatic rings. The summed E-state index contributed by atoms with van der Waals surface area (Å²) >= 11 is 1.58. The maximum atomic E-state index is 12.3. The summed E-state index contributed by atoms with van der Waals surface area (Å²) in [7, 11) is 0. The molecule has 124 valence electrons. The Morgan fingerprint density at radius 2 is 2.04 bits per heavy atom. The molecule has 2 heterocycles. The summed E-state index contributed by atoms with van der Waals surface area (Å²) in [5.41, 5.74) is 1.18. The molecule has 0 saturated carbocycles. The molecule has 7 heteroatoms. The van der Waals surface area contributed by atoms with E-state index in [2.05, 4.69) is 5.32 Å². The molecule has 24 heavy (non-hydrogen) atoms. The molecule has 0 saturated heterocycles. The van der Waals surface area contributed by atoms with E-state index in [-0.39, 0.29) is 25.5 Å². The Morgan fingerprint density at radius 3 is 2.83 bits per heavy atom. The van der Waals surface area contributed by atoms with Crippen molar-refractivity contribution in [2.75, 3.05) is 23.4 Å². The fraction of sp³-hybridized carbons (Fsp3) is 0.235. The molecule has 3 rings (SSSR count). The van der Waals surface area contributed by atoms with Crippen LogP contribution in [0.3, 0.4) is 0 Å². The zero-order valence-electron chi connectivity index (χ0n) is 12.9. The molecule has 0 spiro atoms. The van der Waals surface area contributed by atoms with Gasteiger partial charge in [0.1, 0.15) is 6.54 Å². The van der Waals surface area contributed by atoms with Gasteiger partial charge < -0.3 is 10.1 Å². The molecule has 1 aliphatic heterocycles. The lowest BCUT2D eigenvalue weighted by atomic mass is 10.2. The number of thiophene rings is 1. The smallest absolute Gasteiger partial charge is 0.306 e. The normalized spacial score (nSPS) is 13.2. The Balaban J connectivity index is 1.55. The van der Waals surface area contributed by atoms with Crippen molar-refractivity contribution in [3.8, 4) is 0 Å². The number of hydrogen-bond acceptors (Lipinski definition) is 5. The summed E-state index contributed by atoms with van der Waals surface area (Å²) in [5, 5.41) is 4.65. The first-order valence-electron chi connectivity index (χ1n) is 7.51. The number of nitrogens with zero attached hydrogens (tertiary/aromatic N) is 1. The quantitative estimate of drug-likeness (QED) is 0.844. The summed E-state index contributed by atoms with van der Waals surface area (Å²) in [5.74, 6) is -1.11. The Labute approximate surface area is 143 Å². The van der Waals surface area contributed by atoms with E-state index < -0.39 is 11.9 Å². The second kappa shape index (κ2) is 7.27. The van der Waals surface area contributed by atoms with E-state index in [9.17, 15) is 14.4 Å². The van der Waals surface area contributed by atoms with E-state index in [1.54, 1.807) is 35.6 Å². The van der Waals surface area contributed by atoms with Crippen LogP contribution in [0.5, 0.6) is 0 Å². The van der Waals surface area contributed by atoms with Crippen LogP contribution in [-0.4, -0.2) is 30.9 Å². The largest absolute Gasteiger partial charge is 0.456 e. The molecule has 0 bridgehead atoms. The Bertz CT molecular complexity index is 758. The number of carbonyl (C=O) groups excluding carboxylic acids is 3. The van der Waals surface area contributed by atoms with Gasteiger partial charge in [-0.1, -0.05) is 18.2 Å². The number of rotatable bonds is 5. The van der Waals surface area contributed by atoms with Crippen molar-refractivity contribution >= 4 is 40.5 Å². The monoisotopic (exact) mass is 344 g/mol. The summed E-state index contributed by atoms with van der Waals surface area (Å²) in [6.07, 6.45) is 0.824. The second-order valence-electron chi connectivity index (χ2n) is 5.29. The van der Waals surface area contributed by atoms with E-state index in [0.717, 1.165) is 4.88 Å². The Hall–Kier alpha value is -2.67. The standard InChI is InChI=1S/C17H16N2O4S/c20-15-10-19(14-6-2-1-5-13(14)18-15)16(21)11-23-17(22)8-7-12-4-3-9-24-12/h1-6,9H,7-8,10-11H2,(H,18,20). The molecule has 0 atom stereocenters. The number of amides is 2. The first-order chi connectivity index (χ1) is 11.6. The van der Waals surface area contributed by atoms with Crippen LogP contribution in [0.4, 0.5) is 11.4 Å².